The van der Waals surface area contributed by atoms with Gasteiger partial charge in [0.1, 0.15) is 4.34 Å². The summed E-state index contributed by atoms with van der Waals surface area (Å²) in [4.78, 5) is 16.2. The summed E-state index contributed by atoms with van der Waals surface area (Å²) in [6.45, 7) is 0. The number of carbonyl (C=O) groups is 1. The summed E-state index contributed by atoms with van der Waals surface area (Å²) in [5.41, 5.74) is 2.03. The van der Waals surface area contributed by atoms with E-state index in [4.69, 9.17) is 11.6 Å². The van der Waals surface area contributed by atoms with Crippen LogP contribution in [0.3, 0.4) is 0 Å². The molecule has 0 unspecified atom stereocenters. The van der Waals surface area contributed by atoms with Crippen LogP contribution >= 0.6 is 34.7 Å². The summed E-state index contributed by atoms with van der Waals surface area (Å²) in [6.07, 6.45) is 2.61. The predicted molar refractivity (Wildman–Crippen MR) is 88.0 cm³/mol. The molecule has 1 N–H and O–H groups in total. The van der Waals surface area contributed by atoms with Gasteiger partial charge in [0.05, 0.1) is 12.1 Å². The highest BCUT2D eigenvalue weighted by Crippen LogP contribution is 2.27. The summed E-state index contributed by atoms with van der Waals surface area (Å²) in [5, 5.41) is 5.70. The average molecular weight is 339 g/mol. The maximum Gasteiger partial charge on any atom is 0.226 e. The van der Waals surface area contributed by atoms with E-state index in [-0.39, 0.29) is 5.91 Å². The van der Waals surface area contributed by atoms with Crippen LogP contribution in [-0.2, 0) is 17.0 Å². The van der Waals surface area contributed by atoms with Gasteiger partial charge >= 0.3 is 0 Å². The maximum absolute atomic E-state index is 11.7. The molecule has 1 saturated carbocycles. The Morgan fingerprint density at radius 2 is 2.33 bits per heavy atom. The van der Waals surface area contributed by atoms with E-state index in [0.717, 1.165) is 33.7 Å². The molecule has 1 heterocycles. The predicted octanol–water partition coefficient (Wildman–Crippen LogP) is 3.91. The minimum atomic E-state index is 0.0780. The second-order valence-electron chi connectivity index (χ2n) is 5.04. The molecule has 1 amide bonds. The van der Waals surface area contributed by atoms with E-state index in [1.165, 1.54) is 5.56 Å². The van der Waals surface area contributed by atoms with E-state index in [0.29, 0.717) is 12.5 Å². The van der Waals surface area contributed by atoms with E-state index in [2.05, 4.69) is 16.4 Å². The SMILES string of the molecule is O=C(Cc1csc(SCc2cccc(Cl)c2)n1)NC1CC1. The van der Waals surface area contributed by atoms with E-state index in [9.17, 15) is 4.79 Å². The number of benzene rings is 1. The van der Waals surface area contributed by atoms with Crippen molar-refractivity contribution >= 4 is 40.6 Å². The lowest BCUT2D eigenvalue weighted by Gasteiger charge is -2.00. The summed E-state index contributed by atoms with van der Waals surface area (Å²) < 4.78 is 0.990. The molecule has 21 heavy (non-hydrogen) atoms. The third kappa shape index (κ3) is 4.73. The molecule has 3 rings (SSSR count). The molecule has 1 aliphatic carbocycles. The lowest BCUT2D eigenvalue weighted by Crippen LogP contribution is -2.27. The Bertz CT molecular complexity index is 640. The number of nitrogens with one attached hydrogen (secondary N) is 1. The molecule has 6 heteroatoms. The summed E-state index contributed by atoms with van der Waals surface area (Å²) in [5.74, 6) is 0.913. The molecule has 0 bridgehead atoms. The van der Waals surface area contributed by atoms with Crippen molar-refractivity contribution in [2.24, 2.45) is 0 Å². The fourth-order valence-corrected chi connectivity index (χ4v) is 3.88. The minimum Gasteiger partial charge on any atom is -0.353 e. The number of amides is 1. The van der Waals surface area contributed by atoms with E-state index in [1.807, 2.05) is 23.6 Å². The first-order chi connectivity index (χ1) is 10.2. The van der Waals surface area contributed by atoms with Crippen LogP contribution in [0, 0.1) is 0 Å². The van der Waals surface area contributed by atoms with Crippen molar-refractivity contribution in [3.8, 4) is 0 Å². The molecule has 0 aliphatic heterocycles. The quantitative estimate of drug-likeness (QED) is 0.812. The van der Waals surface area contributed by atoms with Crippen molar-refractivity contribution in [1.82, 2.24) is 10.3 Å². The van der Waals surface area contributed by atoms with Gasteiger partial charge in [0.15, 0.2) is 0 Å². The Morgan fingerprint density at radius 1 is 1.48 bits per heavy atom. The van der Waals surface area contributed by atoms with E-state index < -0.39 is 0 Å². The largest absolute Gasteiger partial charge is 0.353 e. The number of thiazole rings is 1. The molecule has 110 valence electrons. The van der Waals surface area contributed by atoms with Crippen LogP contribution in [0.2, 0.25) is 5.02 Å². The van der Waals surface area contributed by atoms with Gasteiger partial charge in [-0.2, -0.15) is 0 Å². The summed E-state index contributed by atoms with van der Waals surface area (Å²) >= 11 is 9.23. The lowest BCUT2D eigenvalue weighted by atomic mass is 10.2. The van der Waals surface area contributed by atoms with Crippen LogP contribution < -0.4 is 5.32 Å². The molecule has 3 nitrogen and oxygen atoms in total. The number of hydrogen-bond donors (Lipinski definition) is 1. The highest BCUT2D eigenvalue weighted by atomic mass is 35.5. The van der Waals surface area contributed by atoms with Crippen molar-refractivity contribution < 1.29 is 4.79 Å². The maximum atomic E-state index is 11.7. The topological polar surface area (TPSA) is 42.0 Å². The molecule has 2 aromatic rings. The highest BCUT2D eigenvalue weighted by Gasteiger charge is 2.23. The summed E-state index contributed by atoms with van der Waals surface area (Å²) in [6, 6.07) is 8.25. The molecule has 1 aliphatic rings. The Morgan fingerprint density at radius 3 is 3.10 bits per heavy atom. The second-order valence-corrected chi connectivity index (χ2v) is 7.56. The molecule has 0 atom stereocenters. The van der Waals surface area contributed by atoms with Gasteiger partial charge in [0.2, 0.25) is 5.91 Å². The first-order valence-electron chi connectivity index (χ1n) is 6.80. The smallest absolute Gasteiger partial charge is 0.226 e. The summed E-state index contributed by atoms with van der Waals surface area (Å²) in [7, 11) is 0. The molecule has 0 saturated heterocycles. The molecule has 0 radical (unpaired) electrons. The van der Waals surface area contributed by atoms with E-state index >= 15 is 0 Å². The van der Waals surface area contributed by atoms with Crippen LogP contribution in [0.4, 0.5) is 0 Å². The van der Waals surface area contributed by atoms with Gasteiger partial charge in [-0.15, -0.1) is 11.3 Å². The first kappa shape index (κ1) is 14.9. The van der Waals surface area contributed by atoms with Gasteiger partial charge < -0.3 is 5.32 Å². The number of carbonyl (C=O) groups excluding carboxylic acids is 1. The van der Waals surface area contributed by atoms with Crippen molar-refractivity contribution in [2.45, 2.75) is 35.4 Å². The van der Waals surface area contributed by atoms with Crippen LogP contribution in [0.25, 0.3) is 0 Å². The fourth-order valence-electron chi connectivity index (χ4n) is 1.88. The zero-order valence-electron chi connectivity index (χ0n) is 11.3. The van der Waals surface area contributed by atoms with Gasteiger partial charge in [-0.1, -0.05) is 35.5 Å². The monoisotopic (exact) mass is 338 g/mol. The second kappa shape index (κ2) is 6.81. The zero-order chi connectivity index (χ0) is 14.7. The van der Waals surface area contributed by atoms with Gasteiger partial charge in [-0.05, 0) is 30.5 Å². The third-order valence-corrected chi connectivity index (χ3v) is 5.44. The van der Waals surface area contributed by atoms with Crippen LogP contribution in [0.1, 0.15) is 24.1 Å². The number of hydrogen-bond acceptors (Lipinski definition) is 4. The molecule has 1 aromatic carbocycles. The van der Waals surface area contributed by atoms with Gasteiger partial charge in [0, 0.05) is 22.2 Å². The molecule has 1 aromatic heterocycles. The number of rotatable bonds is 6. The average Bonchev–Trinajstić information content (AvgIpc) is 3.14. The number of nitrogens with zero attached hydrogens (tertiary/aromatic N) is 1. The van der Waals surface area contributed by atoms with Gasteiger partial charge in [0.25, 0.3) is 0 Å². The van der Waals surface area contributed by atoms with Crippen molar-refractivity contribution in [2.75, 3.05) is 0 Å². The number of halogens is 1. The van der Waals surface area contributed by atoms with Gasteiger partial charge in [-0.3, -0.25) is 4.79 Å². The molecular weight excluding hydrogens is 324 g/mol. The third-order valence-electron chi connectivity index (χ3n) is 3.07. The van der Waals surface area contributed by atoms with Crippen LogP contribution in [0.15, 0.2) is 34.0 Å². The zero-order valence-corrected chi connectivity index (χ0v) is 13.7. The number of thioether (sulfide) groups is 1. The van der Waals surface area contributed by atoms with Crippen molar-refractivity contribution in [3.63, 3.8) is 0 Å². The Hall–Kier alpha value is -1.04. The molecular formula is C15H15ClN2OS2. The van der Waals surface area contributed by atoms with Crippen molar-refractivity contribution in [3.05, 3.63) is 45.9 Å². The normalized spacial score (nSPS) is 14.1. The van der Waals surface area contributed by atoms with Crippen molar-refractivity contribution in [1.29, 1.82) is 0 Å². The Kier molecular flexibility index (Phi) is 4.83. The fraction of sp³-hybridized carbons (Fsp3) is 0.333. The van der Waals surface area contributed by atoms with Crippen LogP contribution in [0.5, 0.6) is 0 Å². The lowest BCUT2D eigenvalue weighted by molar-refractivity contribution is -0.120. The van der Waals surface area contributed by atoms with Crippen LogP contribution in [-0.4, -0.2) is 16.9 Å². The number of aromatic nitrogens is 1. The first-order valence-corrected chi connectivity index (χ1v) is 9.04. The molecule has 1 fully saturated rings. The van der Waals surface area contributed by atoms with E-state index in [1.54, 1.807) is 23.1 Å². The molecule has 0 spiro atoms. The van der Waals surface area contributed by atoms with Gasteiger partial charge in [-0.25, -0.2) is 4.98 Å². The minimum absolute atomic E-state index is 0.0780. The Balaban J connectivity index is 1.51. The Labute approximate surface area is 137 Å². The highest BCUT2D eigenvalue weighted by molar-refractivity contribution is 8.00. The standard InChI is InChI=1S/C15H15ClN2OS2/c16-11-3-1-2-10(6-11)8-20-15-18-13(9-21-15)7-14(19)17-12-4-5-12/h1-3,6,9,12H,4-5,7-8H2,(H,17,19).